The maximum Gasteiger partial charge on any atom is 0.0762 e. The van der Waals surface area contributed by atoms with E-state index in [4.69, 9.17) is 0 Å². The van der Waals surface area contributed by atoms with Gasteiger partial charge in [-0.1, -0.05) is 60.7 Å². The van der Waals surface area contributed by atoms with Crippen LogP contribution in [0.2, 0.25) is 0 Å². The first-order chi connectivity index (χ1) is 8.25. The molecule has 0 aromatic heterocycles. The summed E-state index contributed by atoms with van der Waals surface area (Å²) in [5.74, 6) is 0. The molecule has 1 atom stereocenters. The molecular weight excluding hydrogens is 208 g/mol. The third kappa shape index (κ3) is 3.30. The molecule has 0 amide bonds. The van der Waals surface area contributed by atoms with Crippen molar-refractivity contribution in [1.29, 1.82) is 0 Å². The van der Waals surface area contributed by atoms with Crippen LogP contribution >= 0.6 is 0 Å². The summed E-state index contributed by atoms with van der Waals surface area (Å²) in [5.41, 5.74) is 3.22. The van der Waals surface area contributed by atoms with Gasteiger partial charge in [-0.2, -0.15) is 0 Å². The lowest BCUT2D eigenvalue weighted by Crippen LogP contribution is -1.90. The third-order valence-corrected chi connectivity index (χ3v) is 2.66. The second-order valence-corrected chi connectivity index (χ2v) is 4.09. The van der Waals surface area contributed by atoms with Gasteiger partial charge >= 0.3 is 0 Å². The lowest BCUT2D eigenvalue weighted by molar-refractivity contribution is 0.199. The van der Waals surface area contributed by atoms with Gasteiger partial charge in [0.2, 0.25) is 0 Å². The van der Waals surface area contributed by atoms with Crippen molar-refractivity contribution >= 4 is 12.2 Å². The zero-order valence-electron chi connectivity index (χ0n) is 9.88. The minimum absolute atomic E-state index is 0.417. The molecule has 0 aliphatic heterocycles. The Labute approximate surface area is 102 Å². The van der Waals surface area contributed by atoms with E-state index < -0.39 is 6.10 Å². The first kappa shape index (κ1) is 11.6. The van der Waals surface area contributed by atoms with Gasteiger partial charge in [0.15, 0.2) is 0 Å². The number of rotatable bonds is 3. The molecule has 86 valence electrons. The smallest absolute Gasteiger partial charge is 0.0762 e. The highest BCUT2D eigenvalue weighted by molar-refractivity contribution is 5.69. The van der Waals surface area contributed by atoms with Crippen LogP contribution in [0.1, 0.15) is 29.7 Å². The molecule has 0 saturated carbocycles. The van der Waals surface area contributed by atoms with Crippen molar-refractivity contribution in [2.24, 2.45) is 0 Å². The quantitative estimate of drug-likeness (QED) is 0.784. The van der Waals surface area contributed by atoms with E-state index in [-0.39, 0.29) is 0 Å². The number of aliphatic hydroxyl groups is 1. The van der Waals surface area contributed by atoms with Crippen molar-refractivity contribution in [3.05, 3.63) is 71.3 Å². The average Bonchev–Trinajstić information content (AvgIpc) is 2.38. The van der Waals surface area contributed by atoms with Crippen LogP contribution in [-0.4, -0.2) is 5.11 Å². The lowest BCUT2D eigenvalue weighted by atomic mass is 10.1. The minimum Gasteiger partial charge on any atom is -0.389 e. The van der Waals surface area contributed by atoms with Gasteiger partial charge in [0.25, 0.3) is 0 Å². The van der Waals surface area contributed by atoms with Crippen LogP contribution in [0.5, 0.6) is 0 Å². The Morgan fingerprint density at radius 1 is 0.882 bits per heavy atom. The molecule has 0 spiro atoms. The molecule has 0 saturated heterocycles. The Morgan fingerprint density at radius 3 is 2.24 bits per heavy atom. The van der Waals surface area contributed by atoms with Gasteiger partial charge < -0.3 is 5.11 Å². The van der Waals surface area contributed by atoms with Crippen molar-refractivity contribution in [3.8, 4) is 0 Å². The number of hydrogen-bond donors (Lipinski definition) is 1. The highest BCUT2D eigenvalue weighted by atomic mass is 16.3. The molecule has 2 aromatic carbocycles. The molecule has 1 heteroatoms. The third-order valence-electron chi connectivity index (χ3n) is 2.66. The van der Waals surface area contributed by atoms with Crippen LogP contribution in [0.4, 0.5) is 0 Å². The molecule has 0 bridgehead atoms. The predicted molar refractivity (Wildman–Crippen MR) is 72.4 cm³/mol. The van der Waals surface area contributed by atoms with Crippen LogP contribution in [0.15, 0.2) is 54.6 Å². The molecule has 0 unspecified atom stereocenters. The second kappa shape index (κ2) is 5.46. The summed E-state index contributed by atoms with van der Waals surface area (Å²) < 4.78 is 0. The maximum atomic E-state index is 9.51. The van der Waals surface area contributed by atoms with Crippen LogP contribution < -0.4 is 0 Å². The summed E-state index contributed by atoms with van der Waals surface area (Å²) in [6.45, 7) is 1.78. The monoisotopic (exact) mass is 224 g/mol. The van der Waals surface area contributed by atoms with E-state index in [9.17, 15) is 5.11 Å². The van der Waals surface area contributed by atoms with Crippen molar-refractivity contribution in [2.45, 2.75) is 13.0 Å². The van der Waals surface area contributed by atoms with Crippen molar-refractivity contribution in [2.75, 3.05) is 0 Å². The molecule has 1 N–H and O–H groups in total. The lowest BCUT2D eigenvalue weighted by Gasteiger charge is -2.04. The first-order valence-corrected chi connectivity index (χ1v) is 5.77. The second-order valence-electron chi connectivity index (χ2n) is 4.09. The fourth-order valence-electron chi connectivity index (χ4n) is 1.68. The van der Waals surface area contributed by atoms with Crippen molar-refractivity contribution in [1.82, 2.24) is 0 Å². The Kier molecular flexibility index (Phi) is 3.73. The molecule has 17 heavy (non-hydrogen) atoms. The van der Waals surface area contributed by atoms with Gasteiger partial charge in [0.1, 0.15) is 0 Å². The van der Waals surface area contributed by atoms with E-state index in [1.807, 2.05) is 42.5 Å². The Hall–Kier alpha value is -1.86. The highest BCUT2D eigenvalue weighted by Crippen LogP contribution is 2.15. The zero-order chi connectivity index (χ0) is 12.1. The molecule has 1 nitrogen and oxygen atoms in total. The fourth-order valence-corrected chi connectivity index (χ4v) is 1.68. The van der Waals surface area contributed by atoms with Crippen molar-refractivity contribution in [3.63, 3.8) is 0 Å². The molecule has 0 radical (unpaired) electrons. The van der Waals surface area contributed by atoms with Gasteiger partial charge in [-0.3, -0.25) is 0 Å². The van der Waals surface area contributed by atoms with E-state index in [2.05, 4.69) is 24.3 Å². The van der Waals surface area contributed by atoms with Gasteiger partial charge in [-0.15, -0.1) is 0 Å². The van der Waals surface area contributed by atoms with Gasteiger partial charge in [0, 0.05) is 0 Å². The van der Waals surface area contributed by atoms with E-state index in [0.717, 1.165) is 11.1 Å². The van der Waals surface area contributed by atoms with E-state index >= 15 is 0 Å². The summed E-state index contributed by atoms with van der Waals surface area (Å²) in [6, 6.07) is 18.1. The SMILES string of the molecule is C[C@H](O)c1cccc(/C=C/c2ccccc2)c1. The summed E-state index contributed by atoms with van der Waals surface area (Å²) in [6.07, 6.45) is 3.71. The zero-order valence-corrected chi connectivity index (χ0v) is 9.88. The summed E-state index contributed by atoms with van der Waals surface area (Å²) in [5, 5.41) is 9.51. The topological polar surface area (TPSA) is 20.2 Å². The normalized spacial score (nSPS) is 12.8. The van der Waals surface area contributed by atoms with E-state index in [0.29, 0.717) is 0 Å². The van der Waals surface area contributed by atoms with Gasteiger partial charge in [0.05, 0.1) is 6.10 Å². The molecule has 0 heterocycles. The van der Waals surface area contributed by atoms with Crippen LogP contribution in [0.3, 0.4) is 0 Å². The number of benzene rings is 2. The van der Waals surface area contributed by atoms with Gasteiger partial charge in [-0.25, -0.2) is 0 Å². The van der Waals surface area contributed by atoms with E-state index in [1.54, 1.807) is 6.92 Å². The predicted octanol–water partition coefficient (Wildman–Crippen LogP) is 3.91. The standard InChI is InChI=1S/C16H16O/c1-13(17)16-9-5-8-15(12-16)11-10-14-6-3-2-4-7-14/h2-13,17H,1H3/b11-10+/t13-/m0/s1. The Balaban J connectivity index is 2.19. The summed E-state index contributed by atoms with van der Waals surface area (Å²) in [7, 11) is 0. The van der Waals surface area contributed by atoms with Crippen LogP contribution in [-0.2, 0) is 0 Å². The number of aliphatic hydroxyl groups excluding tert-OH is 1. The molecule has 0 aliphatic rings. The van der Waals surface area contributed by atoms with E-state index in [1.165, 1.54) is 5.56 Å². The molecule has 2 rings (SSSR count). The maximum absolute atomic E-state index is 9.51. The fraction of sp³-hybridized carbons (Fsp3) is 0.125. The first-order valence-electron chi connectivity index (χ1n) is 5.77. The van der Waals surface area contributed by atoms with Gasteiger partial charge in [-0.05, 0) is 29.7 Å². The minimum atomic E-state index is -0.417. The molecular formula is C16H16O. The highest BCUT2D eigenvalue weighted by Gasteiger charge is 1.99. The molecule has 2 aromatic rings. The Bertz CT molecular complexity index is 498. The summed E-state index contributed by atoms with van der Waals surface area (Å²) >= 11 is 0. The van der Waals surface area contributed by atoms with Crippen LogP contribution in [0.25, 0.3) is 12.2 Å². The largest absolute Gasteiger partial charge is 0.389 e. The molecule has 0 aliphatic carbocycles. The van der Waals surface area contributed by atoms with Crippen molar-refractivity contribution < 1.29 is 5.11 Å². The van der Waals surface area contributed by atoms with Crippen LogP contribution in [0, 0.1) is 0 Å². The number of hydrogen-bond acceptors (Lipinski definition) is 1. The Morgan fingerprint density at radius 2 is 1.53 bits per heavy atom. The molecule has 0 fully saturated rings. The summed E-state index contributed by atoms with van der Waals surface area (Å²) in [4.78, 5) is 0. The average molecular weight is 224 g/mol.